The summed E-state index contributed by atoms with van der Waals surface area (Å²) >= 11 is 1.58. The van der Waals surface area contributed by atoms with Crippen LogP contribution < -0.4 is 0 Å². The Hall–Kier alpha value is -1.34. The number of aliphatic hydroxyl groups excluding tert-OH is 1. The molecule has 1 atom stereocenters. The van der Waals surface area contributed by atoms with Gasteiger partial charge in [-0.2, -0.15) is 0 Å². The molecule has 0 radical (unpaired) electrons. The van der Waals surface area contributed by atoms with Crippen LogP contribution in [0.1, 0.15) is 11.3 Å². The van der Waals surface area contributed by atoms with Gasteiger partial charge in [0.1, 0.15) is 11.4 Å². The van der Waals surface area contributed by atoms with Crippen molar-refractivity contribution < 1.29 is 14.2 Å². The molecule has 118 valence electrons. The van der Waals surface area contributed by atoms with Gasteiger partial charge in [-0.3, -0.25) is 4.90 Å². The van der Waals surface area contributed by atoms with Gasteiger partial charge >= 0.3 is 0 Å². The normalized spacial score (nSPS) is 22.8. The molecule has 1 fully saturated rings. The minimum absolute atomic E-state index is 0.0862. The molecule has 1 saturated heterocycles. The van der Waals surface area contributed by atoms with E-state index in [4.69, 9.17) is 4.74 Å². The van der Waals surface area contributed by atoms with E-state index in [0.29, 0.717) is 19.6 Å². The molecular formula is C16H19FN2O2S. The Bertz CT molecular complexity index is 608. The van der Waals surface area contributed by atoms with Crippen molar-refractivity contribution in [3.05, 3.63) is 52.2 Å². The number of hydrogen-bond acceptors (Lipinski definition) is 5. The molecule has 1 aliphatic rings. The first-order chi connectivity index (χ1) is 10.7. The number of aromatic nitrogens is 1. The highest BCUT2D eigenvalue weighted by Gasteiger charge is 2.36. The quantitative estimate of drug-likeness (QED) is 0.915. The first-order valence-corrected chi connectivity index (χ1v) is 8.22. The van der Waals surface area contributed by atoms with Crippen molar-refractivity contribution in [2.75, 3.05) is 26.3 Å². The fourth-order valence-electron chi connectivity index (χ4n) is 2.88. The topological polar surface area (TPSA) is 45.6 Å². The molecular weight excluding hydrogens is 303 g/mol. The van der Waals surface area contributed by atoms with Crippen LogP contribution >= 0.6 is 11.3 Å². The van der Waals surface area contributed by atoms with Crippen molar-refractivity contribution in [3.63, 3.8) is 0 Å². The van der Waals surface area contributed by atoms with Crippen LogP contribution in [0.5, 0.6) is 0 Å². The number of halogens is 1. The maximum Gasteiger partial charge on any atom is 0.123 e. The summed E-state index contributed by atoms with van der Waals surface area (Å²) in [4.78, 5) is 6.53. The van der Waals surface area contributed by atoms with Crippen LogP contribution in [-0.2, 0) is 17.7 Å². The molecule has 0 amide bonds. The van der Waals surface area contributed by atoms with E-state index < -0.39 is 5.60 Å². The first kappa shape index (κ1) is 15.6. The monoisotopic (exact) mass is 322 g/mol. The Balaban J connectivity index is 1.71. The number of ether oxygens (including phenoxy) is 1. The number of hydrogen-bond donors (Lipinski definition) is 1. The first-order valence-electron chi connectivity index (χ1n) is 7.28. The van der Waals surface area contributed by atoms with E-state index in [9.17, 15) is 9.50 Å². The maximum atomic E-state index is 13.4. The fourth-order valence-corrected chi connectivity index (χ4v) is 3.43. The Kier molecular flexibility index (Phi) is 4.83. The fraction of sp³-hybridized carbons (Fsp3) is 0.438. The third kappa shape index (κ3) is 3.70. The van der Waals surface area contributed by atoms with Crippen molar-refractivity contribution in [2.24, 2.45) is 0 Å². The Morgan fingerprint density at radius 2 is 2.36 bits per heavy atom. The molecule has 0 saturated carbocycles. The lowest BCUT2D eigenvalue weighted by molar-refractivity contribution is -0.134. The van der Waals surface area contributed by atoms with Crippen molar-refractivity contribution in [3.8, 4) is 0 Å². The summed E-state index contributed by atoms with van der Waals surface area (Å²) in [5.41, 5.74) is 3.01. The molecule has 0 aliphatic carbocycles. The van der Waals surface area contributed by atoms with Crippen LogP contribution in [0.25, 0.3) is 0 Å². The van der Waals surface area contributed by atoms with Gasteiger partial charge in [-0.05, 0) is 17.7 Å². The van der Waals surface area contributed by atoms with Gasteiger partial charge in [-0.25, -0.2) is 9.37 Å². The molecule has 2 heterocycles. The van der Waals surface area contributed by atoms with E-state index in [1.807, 2.05) is 17.0 Å². The van der Waals surface area contributed by atoms with Crippen LogP contribution in [0.15, 0.2) is 35.2 Å². The van der Waals surface area contributed by atoms with Crippen molar-refractivity contribution in [1.29, 1.82) is 0 Å². The average molecular weight is 322 g/mol. The maximum absolute atomic E-state index is 13.4. The summed E-state index contributed by atoms with van der Waals surface area (Å²) in [7, 11) is 0. The van der Waals surface area contributed by atoms with Gasteiger partial charge in [-0.15, -0.1) is 11.3 Å². The second-order valence-corrected chi connectivity index (χ2v) is 6.41. The van der Waals surface area contributed by atoms with Crippen LogP contribution in [0.4, 0.5) is 4.39 Å². The molecule has 1 unspecified atom stereocenters. The molecule has 22 heavy (non-hydrogen) atoms. The summed E-state index contributed by atoms with van der Waals surface area (Å²) in [6, 6.07) is 6.47. The third-order valence-electron chi connectivity index (χ3n) is 3.90. The Morgan fingerprint density at radius 3 is 3.09 bits per heavy atom. The van der Waals surface area contributed by atoms with E-state index in [-0.39, 0.29) is 12.4 Å². The smallest absolute Gasteiger partial charge is 0.123 e. The minimum atomic E-state index is -0.679. The lowest BCUT2D eigenvalue weighted by atomic mass is 9.93. The average Bonchev–Trinajstić information content (AvgIpc) is 3.00. The van der Waals surface area contributed by atoms with Gasteiger partial charge < -0.3 is 9.84 Å². The number of rotatable bonds is 5. The van der Waals surface area contributed by atoms with Gasteiger partial charge in [-0.1, -0.05) is 12.1 Å². The highest BCUT2D eigenvalue weighted by Crippen LogP contribution is 2.24. The number of benzene rings is 1. The van der Waals surface area contributed by atoms with Crippen LogP contribution in [0.2, 0.25) is 0 Å². The molecule has 1 aromatic carbocycles. The second kappa shape index (κ2) is 6.83. The Morgan fingerprint density at radius 1 is 1.45 bits per heavy atom. The molecule has 1 aromatic heterocycles. The molecule has 0 spiro atoms. The molecule has 4 nitrogen and oxygen atoms in total. The standard InChI is InChI=1S/C16H19FN2O2S/c17-14-3-1-2-13(6-14)7-16(11-20)10-19(4-5-21-16)8-15-9-22-12-18-15/h1-3,6,9,12,20H,4-5,7-8,10-11H2. The second-order valence-electron chi connectivity index (χ2n) is 5.69. The van der Waals surface area contributed by atoms with Gasteiger partial charge in [0.25, 0.3) is 0 Å². The van der Waals surface area contributed by atoms with E-state index in [2.05, 4.69) is 9.88 Å². The largest absolute Gasteiger partial charge is 0.393 e. The summed E-state index contributed by atoms with van der Waals surface area (Å²) in [5.74, 6) is -0.263. The minimum Gasteiger partial charge on any atom is -0.393 e. The van der Waals surface area contributed by atoms with Crippen LogP contribution in [0, 0.1) is 5.82 Å². The van der Waals surface area contributed by atoms with E-state index in [0.717, 1.165) is 24.3 Å². The van der Waals surface area contributed by atoms with E-state index in [1.165, 1.54) is 12.1 Å². The molecule has 6 heteroatoms. The summed E-state index contributed by atoms with van der Waals surface area (Å²) in [6.45, 7) is 2.63. The predicted molar refractivity (Wildman–Crippen MR) is 83.3 cm³/mol. The van der Waals surface area contributed by atoms with Crippen molar-refractivity contribution in [2.45, 2.75) is 18.6 Å². The predicted octanol–water partition coefficient (Wildman–Crippen LogP) is 2.09. The zero-order chi connectivity index (χ0) is 15.4. The number of morpholine rings is 1. The zero-order valence-corrected chi connectivity index (χ0v) is 13.1. The summed E-state index contributed by atoms with van der Waals surface area (Å²) < 4.78 is 19.2. The van der Waals surface area contributed by atoms with Crippen LogP contribution in [0.3, 0.4) is 0 Å². The zero-order valence-electron chi connectivity index (χ0n) is 12.2. The van der Waals surface area contributed by atoms with E-state index in [1.54, 1.807) is 17.4 Å². The van der Waals surface area contributed by atoms with Crippen molar-refractivity contribution in [1.82, 2.24) is 9.88 Å². The summed E-state index contributed by atoms with van der Waals surface area (Å²) in [6.07, 6.45) is 0.495. The molecule has 1 aliphatic heterocycles. The lowest BCUT2D eigenvalue weighted by Gasteiger charge is -2.41. The number of nitrogens with zero attached hydrogens (tertiary/aromatic N) is 2. The summed E-state index contributed by atoms with van der Waals surface area (Å²) in [5, 5.41) is 11.9. The molecule has 2 aromatic rings. The van der Waals surface area contributed by atoms with Gasteiger partial charge in [0, 0.05) is 31.4 Å². The van der Waals surface area contributed by atoms with Crippen molar-refractivity contribution >= 4 is 11.3 Å². The Labute approximate surface area is 133 Å². The highest BCUT2D eigenvalue weighted by atomic mass is 32.1. The van der Waals surface area contributed by atoms with Crippen LogP contribution in [-0.4, -0.2) is 46.9 Å². The molecule has 1 N–H and O–H groups in total. The number of aliphatic hydroxyl groups is 1. The third-order valence-corrected chi connectivity index (χ3v) is 4.54. The molecule has 3 rings (SSSR count). The van der Waals surface area contributed by atoms with E-state index >= 15 is 0 Å². The van der Waals surface area contributed by atoms with Gasteiger partial charge in [0.2, 0.25) is 0 Å². The highest BCUT2D eigenvalue weighted by molar-refractivity contribution is 7.07. The van der Waals surface area contributed by atoms with Gasteiger partial charge in [0.15, 0.2) is 0 Å². The SMILES string of the molecule is OCC1(Cc2cccc(F)c2)CN(Cc2cscn2)CCO1. The number of thiazole rings is 1. The lowest BCUT2D eigenvalue weighted by Crippen LogP contribution is -2.55. The molecule has 0 bridgehead atoms. The van der Waals surface area contributed by atoms with Gasteiger partial charge in [0.05, 0.1) is 24.4 Å².